The van der Waals surface area contributed by atoms with Crippen molar-refractivity contribution in [3.63, 3.8) is 0 Å². The summed E-state index contributed by atoms with van der Waals surface area (Å²) in [6.45, 7) is 11.0. The van der Waals surface area contributed by atoms with Gasteiger partial charge in [0, 0.05) is 6.61 Å². The molecule has 3 heteroatoms. The lowest BCUT2D eigenvalue weighted by Gasteiger charge is -2.28. The van der Waals surface area contributed by atoms with Crippen molar-refractivity contribution < 1.29 is 14.3 Å². The van der Waals surface area contributed by atoms with Gasteiger partial charge in [0.15, 0.2) is 5.78 Å². The van der Waals surface area contributed by atoms with Gasteiger partial charge in [0.1, 0.15) is 6.10 Å². The third kappa shape index (κ3) is 2.41. The first-order valence-corrected chi connectivity index (χ1v) is 6.58. The normalized spacial score (nSPS) is 39.5. The minimum atomic E-state index is -0.369. The van der Waals surface area contributed by atoms with Gasteiger partial charge in [0.25, 0.3) is 0 Å². The van der Waals surface area contributed by atoms with Gasteiger partial charge in [-0.25, -0.2) is 0 Å². The smallest absolute Gasteiger partial charge is 0.167 e. The molecule has 0 aliphatic carbocycles. The van der Waals surface area contributed by atoms with Crippen molar-refractivity contribution in [2.45, 2.75) is 64.8 Å². The Kier molecular flexibility index (Phi) is 3.11. The van der Waals surface area contributed by atoms with E-state index in [0.29, 0.717) is 5.92 Å². The first kappa shape index (κ1) is 13.0. The molecule has 0 aromatic heterocycles. The number of carbonyl (C=O) groups is 1. The van der Waals surface area contributed by atoms with Crippen LogP contribution in [0.5, 0.6) is 0 Å². The Balaban J connectivity index is 2.14. The fourth-order valence-electron chi connectivity index (χ4n) is 3.26. The Morgan fingerprint density at radius 1 is 1.24 bits per heavy atom. The van der Waals surface area contributed by atoms with Crippen molar-refractivity contribution in [3.05, 3.63) is 0 Å². The molecule has 0 saturated carbocycles. The molecular weight excluding hydrogens is 216 g/mol. The number of ether oxygens (including phenoxy) is 2. The lowest BCUT2D eigenvalue weighted by Crippen LogP contribution is -2.40. The quantitative estimate of drug-likeness (QED) is 0.744. The Morgan fingerprint density at radius 3 is 2.29 bits per heavy atom. The van der Waals surface area contributed by atoms with Gasteiger partial charge < -0.3 is 9.47 Å². The third-order valence-electron chi connectivity index (χ3n) is 4.09. The first-order chi connectivity index (χ1) is 7.73. The minimum absolute atomic E-state index is 0.0388. The highest BCUT2D eigenvalue weighted by Gasteiger charge is 2.51. The summed E-state index contributed by atoms with van der Waals surface area (Å²) in [5, 5.41) is 0. The molecule has 2 saturated heterocycles. The molecule has 0 radical (unpaired) electrons. The fraction of sp³-hybridized carbons (Fsp3) is 0.929. The molecule has 0 amide bonds. The summed E-state index contributed by atoms with van der Waals surface area (Å²) in [7, 11) is 0. The zero-order valence-corrected chi connectivity index (χ0v) is 11.6. The first-order valence-electron chi connectivity index (χ1n) is 6.58. The molecule has 0 aromatic carbocycles. The van der Waals surface area contributed by atoms with Crippen LogP contribution in [-0.4, -0.2) is 29.7 Å². The van der Waals surface area contributed by atoms with Crippen LogP contribution >= 0.6 is 0 Å². The second kappa shape index (κ2) is 4.06. The average molecular weight is 240 g/mol. The molecule has 2 rings (SSSR count). The van der Waals surface area contributed by atoms with Gasteiger partial charge in [-0.15, -0.1) is 0 Å². The summed E-state index contributed by atoms with van der Waals surface area (Å²) in [5.41, 5.74) is -0.572. The van der Waals surface area contributed by atoms with E-state index >= 15 is 0 Å². The molecule has 3 unspecified atom stereocenters. The van der Waals surface area contributed by atoms with Crippen LogP contribution in [0.2, 0.25) is 0 Å². The number of ketones is 1. The van der Waals surface area contributed by atoms with Crippen LogP contribution < -0.4 is 0 Å². The van der Waals surface area contributed by atoms with Crippen molar-refractivity contribution in [1.29, 1.82) is 0 Å². The third-order valence-corrected chi connectivity index (χ3v) is 4.09. The molecule has 2 aliphatic rings. The van der Waals surface area contributed by atoms with Crippen LogP contribution in [0.3, 0.4) is 0 Å². The molecule has 0 bridgehead atoms. The summed E-state index contributed by atoms with van der Waals surface area (Å²) in [6.07, 6.45) is 1.58. The number of carbonyl (C=O) groups excluding carboxylic acids is 1. The Hall–Kier alpha value is -0.410. The lowest BCUT2D eigenvalue weighted by atomic mass is 9.80. The number of hydrogen-bond acceptors (Lipinski definition) is 3. The van der Waals surface area contributed by atoms with Crippen molar-refractivity contribution in [3.8, 4) is 0 Å². The van der Waals surface area contributed by atoms with Crippen LogP contribution in [-0.2, 0) is 14.3 Å². The number of rotatable bonds is 2. The lowest BCUT2D eigenvalue weighted by molar-refractivity contribution is -0.139. The van der Waals surface area contributed by atoms with E-state index in [-0.39, 0.29) is 29.0 Å². The summed E-state index contributed by atoms with van der Waals surface area (Å²) < 4.78 is 11.6. The highest BCUT2D eigenvalue weighted by atomic mass is 16.5. The van der Waals surface area contributed by atoms with Crippen LogP contribution in [0.1, 0.15) is 47.5 Å². The summed E-state index contributed by atoms with van der Waals surface area (Å²) >= 11 is 0. The minimum Gasteiger partial charge on any atom is -0.370 e. The average Bonchev–Trinajstić information content (AvgIpc) is 2.66. The topological polar surface area (TPSA) is 35.5 Å². The van der Waals surface area contributed by atoms with Crippen LogP contribution in [0.15, 0.2) is 0 Å². The van der Waals surface area contributed by atoms with Crippen molar-refractivity contribution >= 4 is 5.78 Å². The monoisotopic (exact) mass is 240 g/mol. The van der Waals surface area contributed by atoms with Gasteiger partial charge in [-0.05, 0) is 46.5 Å². The molecular formula is C14H24O3. The maximum absolute atomic E-state index is 12.6. The SMILES string of the molecule is CC1CCOC1C(=O)C1CC(C)(C)OC1(C)C. The van der Waals surface area contributed by atoms with Gasteiger partial charge in [0.05, 0.1) is 17.1 Å². The van der Waals surface area contributed by atoms with Crippen LogP contribution in [0.4, 0.5) is 0 Å². The zero-order chi connectivity index (χ0) is 12.8. The van der Waals surface area contributed by atoms with E-state index < -0.39 is 0 Å². The molecule has 2 heterocycles. The highest BCUT2D eigenvalue weighted by Crippen LogP contribution is 2.44. The molecule has 2 fully saturated rings. The van der Waals surface area contributed by atoms with Crippen molar-refractivity contribution in [2.24, 2.45) is 11.8 Å². The summed E-state index contributed by atoms with van der Waals surface area (Å²) in [6, 6.07) is 0. The number of Topliss-reactive ketones (excluding diaryl/α,β-unsaturated/α-hetero) is 1. The highest BCUT2D eigenvalue weighted by molar-refractivity contribution is 5.87. The Labute approximate surface area is 104 Å². The van der Waals surface area contributed by atoms with Gasteiger partial charge in [-0.2, -0.15) is 0 Å². The largest absolute Gasteiger partial charge is 0.370 e. The number of hydrogen-bond donors (Lipinski definition) is 0. The molecule has 17 heavy (non-hydrogen) atoms. The van der Waals surface area contributed by atoms with E-state index in [2.05, 4.69) is 20.8 Å². The van der Waals surface area contributed by atoms with E-state index in [9.17, 15) is 4.79 Å². The maximum Gasteiger partial charge on any atom is 0.167 e. The van der Waals surface area contributed by atoms with E-state index in [0.717, 1.165) is 19.4 Å². The summed E-state index contributed by atoms with van der Waals surface area (Å²) in [5.74, 6) is 0.552. The molecule has 0 N–H and O–H groups in total. The molecule has 0 spiro atoms. The van der Waals surface area contributed by atoms with Crippen molar-refractivity contribution in [2.75, 3.05) is 6.61 Å². The zero-order valence-electron chi connectivity index (χ0n) is 11.6. The standard InChI is InChI=1S/C14H24O3/c1-9-6-7-16-12(9)11(15)10-8-13(2,3)17-14(10,4)5/h9-10,12H,6-8H2,1-5H3. The molecule has 3 atom stereocenters. The molecule has 2 aliphatic heterocycles. The van der Waals surface area contributed by atoms with E-state index in [1.807, 2.05) is 13.8 Å². The Bertz CT molecular complexity index is 319. The predicted octanol–water partition coefficient (Wildman–Crippen LogP) is 2.57. The van der Waals surface area contributed by atoms with Crippen LogP contribution in [0.25, 0.3) is 0 Å². The molecule has 0 aromatic rings. The van der Waals surface area contributed by atoms with Crippen molar-refractivity contribution in [1.82, 2.24) is 0 Å². The fourth-order valence-corrected chi connectivity index (χ4v) is 3.26. The second-order valence-electron chi connectivity index (χ2n) is 6.68. The van der Waals surface area contributed by atoms with Gasteiger partial charge in [0.2, 0.25) is 0 Å². The van der Waals surface area contributed by atoms with E-state index in [4.69, 9.17) is 9.47 Å². The molecule has 98 valence electrons. The second-order valence-corrected chi connectivity index (χ2v) is 6.68. The summed E-state index contributed by atoms with van der Waals surface area (Å²) in [4.78, 5) is 12.6. The van der Waals surface area contributed by atoms with Crippen LogP contribution in [0, 0.1) is 11.8 Å². The van der Waals surface area contributed by atoms with E-state index in [1.165, 1.54) is 0 Å². The van der Waals surface area contributed by atoms with Gasteiger partial charge >= 0.3 is 0 Å². The van der Waals surface area contributed by atoms with Gasteiger partial charge in [-0.1, -0.05) is 6.92 Å². The predicted molar refractivity (Wildman–Crippen MR) is 65.9 cm³/mol. The maximum atomic E-state index is 12.6. The Morgan fingerprint density at radius 2 is 1.88 bits per heavy atom. The van der Waals surface area contributed by atoms with E-state index in [1.54, 1.807) is 0 Å². The van der Waals surface area contributed by atoms with Gasteiger partial charge in [-0.3, -0.25) is 4.79 Å². The molecule has 3 nitrogen and oxygen atoms in total.